The van der Waals surface area contributed by atoms with Gasteiger partial charge < -0.3 is 5.11 Å². The second kappa shape index (κ2) is 7.49. The van der Waals surface area contributed by atoms with Gasteiger partial charge in [-0.1, -0.05) is 36.4 Å². The zero-order chi connectivity index (χ0) is 15.8. The molecule has 0 bridgehead atoms. The third-order valence-corrected chi connectivity index (χ3v) is 2.67. The fraction of sp³-hybridized carbons (Fsp3) is 0. The van der Waals surface area contributed by atoms with Crippen molar-refractivity contribution in [2.75, 3.05) is 0 Å². The average Bonchev–Trinajstić information content (AvgIpc) is 2.56. The maximum absolute atomic E-state index is 11.8. The Morgan fingerprint density at radius 3 is 2.41 bits per heavy atom. The first-order valence-corrected chi connectivity index (χ1v) is 6.41. The summed E-state index contributed by atoms with van der Waals surface area (Å²) >= 11 is 0. The summed E-state index contributed by atoms with van der Waals surface area (Å²) in [6, 6.07) is 12.2. The number of hydrogen-bond acceptors (Lipinski definition) is 4. The van der Waals surface area contributed by atoms with Crippen LogP contribution in [-0.2, 0) is 4.79 Å². The van der Waals surface area contributed by atoms with Gasteiger partial charge in [0.25, 0.3) is 5.91 Å². The summed E-state index contributed by atoms with van der Waals surface area (Å²) in [5, 5.41) is 12.7. The van der Waals surface area contributed by atoms with Gasteiger partial charge in [-0.15, -0.1) is 0 Å². The number of carboxylic acid groups (broad SMARTS) is 1. The van der Waals surface area contributed by atoms with Gasteiger partial charge in [-0.2, -0.15) is 5.10 Å². The first kappa shape index (κ1) is 15.1. The maximum atomic E-state index is 11.8. The van der Waals surface area contributed by atoms with Crippen LogP contribution < -0.4 is 5.43 Å². The van der Waals surface area contributed by atoms with E-state index in [1.165, 1.54) is 30.6 Å². The highest BCUT2D eigenvalue weighted by Gasteiger charge is 2.08. The largest absolute Gasteiger partial charge is 0.476 e. The molecular formula is C16H13N3O3. The van der Waals surface area contributed by atoms with Crippen LogP contribution >= 0.6 is 0 Å². The predicted octanol–water partition coefficient (Wildman–Crippen LogP) is 1.97. The van der Waals surface area contributed by atoms with E-state index in [-0.39, 0.29) is 5.71 Å². The number of pyridine rings is 1. The first-order valence-electron chi connectivity index (χ1n) is 6.41. The highest BCUT2D eigenvalue weighted by Crippen LogP contribution is 2.01. The standard InChI is InChI=1S/C16H13N3O3/c20-15(13-8-10-17-11-9-13)19-18-14(16(21)22)7-6-12-4-2-1-3-5-12/h1-11H,(H,19,20)(H,21,22)/b7-6+,18-14-. The minimum Gasteiger partial charge on any atom is -0.476 e. The zero-order valence-electron chi connectivity index (χ0n) is 11.5. The van der Waals surface area contributed by atoms with Crippen LogP contribution in [0.5, 0.6) is 0 Å². The number of rotatable bonds is 5. The topological polar surface area (TPSA) is 91.6 Å². The summed E-state index contributed by atoms with van der Waals surface area (Å²) in [7, 11) is 0. The number of hydrogen-bond donors (Lipinski definition) is 2. The van der Waals surface area contributed by atoms with Gasteiger partial charge in [0.05, 0.1) is 0 Å². The quantitative estimate of drug-likeness (QED) is 0.651. The monoisotopic (exact) mass is 295 g/mol. The van der Waals surface area contributed by atoms with Crippen LogP contribution in [0.3, 0.4) is 0 Å². The molecule has 0 saturated carbocycles. The Morgan fingerprint density at radius 1 is 1.09 bits per heavy atom. The van der Waals surface area contributed by atoms with E-state index in [1.54, 1.807) is 6.08 Å². The molecule has 1 amide bonds. The highest BCUT2D eigenvalue weighted by molar-refractivity contribution is 6.41. The summed E-state index contributed by atoms with van der Waals surface area (Å²) < 4.78 is 0. The molecule has 1 aromatic carbocycles. The number of carbonyl (C=O) groups excluding carboxylic acids is 1. The minimum absolute atomic E-state index is 0.272. The highest BCUT2D eigenvalue weighted by atomic mass is 16.4. The molecule has 22 heavy (non-hydrogen) atoms. The van der Waals surface area contributed by atoms with E-state index >= 15 is 0 Å². The van der Waals surface area contributed by atoms with Crippen LogP contribution in [0.25, 0.3) is 6.08 Å². The Kier molecular flexibility index (Phi) is 5.15. The summed E-state index contributed by atoms with van der Waals surface area (Å²) in [6.45, 7) is 0. The van der Waals surface area contributed by atoms with Crippen molar-refractivity contribution in [1.82, 2.24) is 10.4 Å². The number of hydrazone groups is 1. The number of nitrogens with zero attached hydrogens (tertiary/aromatic N) is 2. The Balaban J connectivity index is 2.10. The van der Waals surface area contributed by atoms with Crippen molar-refractivity contribution in [2.45, 2.75) is 0 Å². The third kappa shape index (κ3) is 4.38. The molecule has 1 aromatic heterocycles. The summed E-state index contributed by atoms with van der Waals surface area (Å²) in [5.74, 6) is -1.74. The van der Waals surface area contributed by atoms with Gasteiger partial charge in [-0.05, 0) is 23.8 Å². The summed E-state index contributed by atoms with van der Waals surface area (Å²) in [4.78, 5) is 26.7. The summed E-state index contributed by atoms with van der Waals surface area (Å²) in [5.41, 5.74) is 3.11. The van der Waals surface area contributed by atoms with Gasteiger partial charge in [-0.3, -0.25) is 9.78 Å². The van der Waals surface area contributed by atoms with Gasteiger partial charge >= 0.3 is 5.97 Å². The van der Waals surface area contributed by atoms with Crippen LogP contribution in [0.4, 0.5) is 0 Å². The lowest BCUT2D eigenvalue weighted by atomic mass is 10.2. The minimum atomic E-state index is -1.23. The van der Waals surface area contributed by atoms with Crippen LogP contribution in [0.15, 0.2) is 66.0 Å². The Labute approximate surface area is 126 Å². The lowest BCUT2D eigenvalue weighted by Gasteiger charge is -2.00. The molecule has 0 unspecified atom stereocenters. The molecular weight excluding hydrogens is 282 g/mol. The first-order chi connectivity index (χ1) is 10.7. The molecule has 0 saturated heterocycles. The van der Waals surface area contributed by atoms with Crippen LogP contribution in [-0.4, -0.2) is 27.7 Å². The molecule has 0 aliphatic rings. The lowest BCUT2D eigenvalue weighted by molar-refractivity contribution is -0.129. The Morgan fingerprint density at radius 2 is 1.77 bits per heavy atom. The number of carbonyl (C=O) groups is 2. The fourth-order valence-corrected chi connectivity index (χ4v) is 1.57. The molecule has 0 aliphatic heterocycles. The number of benzene rings is 1. The second-order valence-electron chi connectivity index (χ2n) is 4.22. The van der Waals surface area contributed by atoms with Crippen LogP contribution in [0.2, 0.25) is 0 Å². The molecule has 110 valence electrons. The molecule has 6 nitrogen and oxygen atoms in total. The van der Waals surface area contributed by atoms with Crippen molar-refractivity contribution in [2.24, 2.45) is 5.10 Å². The molecule has 0 radical (unpaired) electrons. The molecule has 6 heteroatoms. The smallest absolute Gasteiger partial charge is 0.356 e. The van der Waals surface area contributed by atoms with E-state index in [9.17, 15) is 9.59 Å². The van der Waals surface area contributed by atoms with Gasteiger partial charge in [-0.25, -0.2) is 10.2 Å². The normalized spacial score (nSPS) is 11.4. The van der Waals surface area contributed by atoms with Crippen molar-refractivity contribution >= 4 is 23.7 Å². The van der Waals surface area contributed by atoms with Gasteiger partial charge in [0.15, 0.2) is 5.71 Å². The van der Waals surface area contributed by atoms with Gasteiger partial charge in [0.1, 0.15) is 0 Å². The average molecular weight is 295 g/mol. The third-order valence-electron chi connectivity index (χ3n) is 2.67. The second-order valence-corrected chi connectivity index (χ2v) is 4.22. The van der Waals surface area contributed by atoms with Gasteiger partial charge in [0, 0.05) is 18.0 Å². The van der Waals surface area contributed by atoms with Crippen LogP contribution in [0, 0.1) is 0 Å². The predicted molar refractivity (Wildman–Crippen MR) is 82.3 cm³/mol. The zero-order valence-corrected chi connectivity index (χ0v) is 11.5. The van der Waals surface area contributed by atoms with Crippen molar-refractivity contribution in [3.05, 3.63) is 72.1 Å². The van der Waals surface area contributed by atoms with Crippen molar-refractivity contribution in [3.63, 3.8) is 0 Å². The molecule has 2 aromatic rings. The van der Waals surface area contributed by atoms with Crippen molar-refractivity contribution < 1.29 is 14.7 Å². The van der Waals surface area contributed by atoms with Crippen molar-refractivity contribution in [1.29, 1.82) is 0 Å². The van der Waals surface area contributed by atoms with E-state index in [0.29, 0.717) is 5.56 Å². The molecule has 2 N–H and O–H groups in total. The SMILES string of the molecule is O=C(O)C(/C=C/c1ccccc1)=N\NC(=O)c1ccncc1. The lowest BCUT2D eigenvalue weighted by Crippen LogP contribution is -2.22. The molecule has 0 spiro atoms. The molecule has 1 heterocycles. The molecule has 0 atom stereocenters. The molecule has 2 rings (SSSR count). The number of carboxylic acids is 1. The number of aliphatic carboxylic acids is 1. The Bertz CT molecular complexity index is 710. The van der Waals surface area contributed by atoms with E-state index in [4.69, 9.17) is 5.11 Å². The number of amides is 1. The van der Waals surface area contributed by atoms with Crippen LogP contribution in [0.1, 0.15) is 15.9 Å². The van der Waals surface area contributed by atoms with Gasteiger partial charge in [0.2, 0.25) is 0 Å². The van der Waals surface area contributed by atoms with E-state index in [1.807, 2.05) is 30.3 Å². The van der Waals surface area contributed by atoms with E-state index in [0.717, 1.165) is 5.56 Å². The van der Waals surface area contributed by atoms with E-state index < -0.39 is 11.9 Å². The van der Waals surface area contributed by atoms with E-state index in [2.05, 4.69) is 15.5 Å². The molecule has 0 fully saturated rings. The maximum Gasteiger partial charge on any atom is 0.356 e. The van der Waals surface area contributed by atoms with Crippen molar-refractivity contribution in [3.8, 4) is 0 Å². The summed E-state index contributed by atoms with van der Waals surface area (Å²) in [6.07, 6.45) is 5.86. The Hall–Kier alpha value is -3.28. The number of nitrogens with one attached hydrogen (secondary N) is 1. The fourth-order valence-electron chi connectivity index (χ4n) is 1.57. The molecule has 0 aliphatic carbocycles. The number of aromatic nitrogens is 1.